The number of aryl methyl sites for hydroxylation is 1. The van der Waals surface area contributed by atoms with Gasteiger partial charge >= 0.3 is 5.00 Å². The zero-order chi connectivity index (χ0) is 14.8. The fourth-order valence-electron chi connectivity index (χ4n) is 1.40. The van der Waals surface area contributed by atoms with Gasteiger partial charge in [0, 0.05) is 6.07 Å². The molecule has 0 bridgehead atoms. The first-order valence-electron chi connectivity index (χ1n) is 5.50. The Hall–Kier alpha value is -2.06. The fourth-order valence-corrected chi connectivity index (χ4v) is 3.02. The number of thiophene rings is 1. The molecule has 20 heavy (non-hydrogen) atoms. The van der Waals surface area contributed by atoms with Gasteiger partial charge in [0.05, 0.1) is 20.9 Å². The molecule has 1 heterocycles. The van der Waals surface area contributed by atoms with E-state index >= 15 is 0 Å². The van der Waals surface area contributed by atoms with Crippen molar-refractivity contribution in [1.29, 1.82) is 0 Å². The van der Waals surface area contributed by atoms with Crippen LogP contribution >= 0.6 is 11.3 Å². The summed E-state index contributed by atoms with van der Waals surface area (Å²) in [5.74, 6) is 0. The third-order valence-corrected chi connectivity index (χ3v) is 4.65. The Bertz CT molecular complexity index is 761. The van der Waals surface area contributed by atoms with Crippen LogP contribution in [0.5, 0.6) is 0 Å². The quantitative estimate of drug-likeness (QED) is 0.493. The van der Waals surface area contributed by atoms with E-state index in [1.165, 1.54) is 24.3 Å². The van der Waals surface area contributed by atoms with Crippen molar-refractivity contribution in [1.82, 2.24) is 0 Å². The summed E-state index contributed by atoms with van der Waals surface area (Å²) in [5.41, 5.74) is 0.946. The highest BCUT2D eigenvalue weighted by Crippen LogP contribution is 2.23. The van der Waals surface area contributed by atoms with Gasteiger partial charge in [-0.15, -0.1) is 0 Å². The molecule has 0 fully saturated rings. The smallest absolute Gasteiger partial charge is 0.258 e. The summed E-state index contributed by atoms with van der Waals surface area (Å²) in [7, 11) is -3.78. The Labute approximate surface area is 119 Å². The summed E-state index contributed by atoms with van der Waals surface area (Å²) >= 11 is 0.866. The summed E-state index contributed by atoms with van der Waals surface area (Å²) < 4.78 is 27.4. The molecular weight excluding hydrogens is 300 g/mol. The highest BCUT2D eigenvalue weighted by atomic mass is 32.2. The van der Waals surface area contributed by atoms with Gasteiger partial charge in [0.1, 0.15) is 0 Å². The molecule has 0 spiro atoms. The van der Waals surface area contributed by atoms with Crippen LogP contribution < -0.4 is 0 Å². The van der Waals surface area contributed by atoms with E-state index in [4.69, 9.17) is 0 Å². The van der Waals surface area contributed by atoms with E-state index in [9.17, 15) is 18.5 Å². The molecule has 0 aliphatic carbocycles. The Morgan fingerprint density at radius 1 is 1.20 bits per heavy atom. The molecule has 104 valence electrons. The van der Waals surface area contributed by atoms with Crippen LogP contribution in [0.15, 0.2) is 45.7 Å². The van der Waals surface area contributed by atoms with Crippen molar-refractivity contribution in [3.63, 3.8) is 0 Å². The van der Waals surface area contributed by atoms with E-state index in [-0.39, 0.29) is 9.90 Å². The lowest BCUT2D eigenvalue weighted by molar-refractivity contribution is -0.380. The molecule has 0 amide bonds. The highest BCUT2D eigenvalue weighted by molar-refractivity contribution is 7.90. The van der Waals surface area contributed by atoms with Gasteiger partial charge in [0.15, 0.2) is 0 Å². The Morgan fingerprint density at radius 2 is 1.85 bits per heavy atom. The second-order valence-corrected chi connectivity index (χ2v) is 6.68. The van der Waals surface area contributed by atoms with Crippen LogP contribution in [0.3, 0.4) is 0 Å². The largest absolute Gasteiger partial charge is 0.324 e. The van der Waals surface area contributed by atoms with Crippen LogP contribution in [0.25, 0.3) is 0 Å². The zero-order valence-corrected chi connectivity index (χ0v) is 12.0. The van der Waals surface area contributed by atoms with Crippen LogP contribution in [-0.4, -0.2) is 19.6 Å². The van der Waals surface area contributed by atoms with Gasteiger partial charge in [-0.25, -0.2) is 0 Å². The summed E-state index contributed by atoms with van der Waals surface area (Å²) in [4.78, 5) is 10.5. The summed E-state index contributed by atoms with van der Waals surface area (Å²) in [5, 5.41) is 10.5. The second-order valence-electron chi connectivity index (χ2n) is 3.96. The average Bonchev–Trinajstić information content (AvgIpc) is 2.86. The summed E-state index contributed by atoms with van der Waals surface area (Å²) in [6.07, 6.45) is 1.12. The predicted octanol–water partition coefficient (Wildman–Crippen LogP) is 2.77. The number of hydrogen-bond donors (Lipinski definition) is 0. The minimum Gasteiger partial charge on any atom is -0.258 e. The van der Waals surface area contributed by atoms with Crippen molar-refractivity contribution < 1.29 is 13.3 Å². The molecule has 0 N–H and O–H groups in total. The molecule has 0 atom stereocenters. The van der Waals surface area contributed by atoms with Crippen LogP contribution in [0, 0.1) is 17.0 Å². The molecular formula is C12H10N2O4S2. The number of hydrogen-bond acceptors (Lipinski definition) is 5. The monoisotopic (exact) mass is 310 g/mol. The van der Waals surface area contributed by atoms with E-state index in [1.807, 2.05) is 6.92 Å². The van der Waals surface area contributed by atoms with E-state index in [2.05, 4.69) is 4.40 Å². The fraction of sp³-hybridized carbons (Fsp3) is 0.0833. The maximum absolute atomic E-state index is 11.9. The number of benzene rings is 1. The molecule has 0 saturated carbocycles. The van der Waals surface area contributed by atoms with Crippen molar-refractivity contribution >= 4 is 32.6 Å². The molecule has 2 aromatic rings. The molecule has 0 aliphatic heterocycles. The van der Waals surface area contributed by atoms with Crippen molar-refractivity contribution in [2.45, 2.75) is 11.8 Å². The maximum atomic E-state index is 11.9. The van der Waals surface area contributed by atoms with Gasteiger partial charge in [-0.3, -0.25) is 10.1 Å². The van der Waals surface area contributed by atoms with Crippen LogP contribution in [0.4, 0.5) is 5.00 Å². The first kappa shape index (κ1) is 14.4. The Kier molecular flexibility index (Phi) is 3.96. The maximum Gasteiger partial charge on any atom is 0.324 e. The third kappa shape index (κ3) is 3.28. The minimum atomic E-state index is -3.78. The van der Waals surface area contributed by atoms with Gasteiger partial charge in [-0.05, 0) is 25.1 Å². The SMILES string of the molecule is Cc1ccc(S(=O)(=O)/N=C/c2ccc([N+](=O)[O-])s2)cc1. The van der Waals surface area contributed by atoms with Crippen molar-refractivity contribution in [2.24, 2.45) is 4.40 Å². The van der Waals surface area contributed by atoms with E-state index in [0.29, 0.717) is 4.88 Å². The van der Waals surface area contributed by atoms with Crippen molar-refractivity contribution in [2.75, 3.05) is 0 Å². The molecule has 2 rings (SSSR count). The molecule has 1 aromatic heterocycles. The second kappa shape index (κ2) is 5.51. The molecule has 8 heteroatoms. The minimum absolute atomic E-state index is 0.0563. The molecule has 0 unspecified atom stereocenters. The van der Waals surface area contributed by atoms with E-state index < -0.39 is 14.9 Å². The normalized spacial score (nSPS) is 11.8. The molecule has 1 aromatic carbocycles. The number of nitro groups is 1. The topological polar surface area (TPSA) is 89.6 Å². The molecule has 0 radical (unpaired) electrons. The van der Waals surface area contributed by atoms with Crippen LogP contribution in [0.2, 0.25) is 0 Å². The van der Waals surface area contributed by atoms with Gasteiger partial charge < -0.3 is 0 Å². The van der Waals surface area contributed by atoms with Crippen molar-refractivity contribution in [3.8, 4) is 0 Å². The molecule has 6 nitrogen and oxygen atoms in total. The van der Waals surface area contributed by atoms with E-state index in [0.717, 1.165) is 23.1 Å². The Balaban J connectivity index is 2.25. The summed E-state index contributed by atoms with van der Waals surface area (Å²) in [6.45, 7) is 1.85. The van der Waals surface area contributed by atoms with Gasteiger partial charge in [0.25, 0.3) is 10.0 Å². The van der Waals surface area contributed by atoms with Gasteiger partial charge in [-0.1, -0.05) is 29.0 Å². The van der Waals surface area contributed by atoms with Crippen LogP contribution in [-0.2, 0) is 10.0 Å². The number of nitrogens with zero attached hydrogens (tertiary/aromatic N) is 2. The standard InChI is InChI=1S/C12H10N2O4S2/c1-9-2-5-11(6-3-9)20(17,18)13-8-10-4-7-12(19-10)14(15)16/h2-8H,1H3/b13-8+. The van der Waals surface area contributed by atoms with Crippen LogP contribution in [0.1, 0.15) is 10.4 Å². The highest BCUT2D eigenvalue weighted by Gasteiger charge is 2.12. The Morgan fingerprint density at radius 3 is 2.40 bits per heavy atom. The van der Waals surface area contributed by atoms with E-state index in [1.54, 1.807) is 12.1 Å². The number of sulfonamides is 1. The third-order valence-electron chi connectivity index (χ3n) is 2.43. The lowest BCUT2D eigenvalue weighted by Crippen LogP contribution is -1.97. The lowest BCUT2D eigenvalue weighted by Gasteiger charge is -1.98. The van der Waals surface area contributed by atoms with Gasteiger partial charge in [-0.2, -0.15) is 12.8 Å². The lowest BCUT2D eigenvalue weighted by atomic mass is 10.2. The first-order chi connectivity index (χ1) is 9.38. The van der Waals surface area contributed by atoms with Gasteiger partial charge in [0.2, 0.25) is 0 Å². The molecule has 0 aliphatic rings. The zero-order valence-electron chi connectivity index (χ0n) is 10.4. The molecule has 0 saturated heterocycles. The number of rotatable bonds is 4. The summed E-state index contributed by atoms with van der Waals surface area (Å²) in [6, 6.07) is 9.07. The average molecular weight is 310 g/mol. The predicted molar refractivity (Wildman–Crippen MR) is 76.9 cm³/mol. The first-order valence-corrected chi connectivity index (χ1v) is 7.75. The van der Waals surface area contributed by atoms with Crippen molar-refractivity contribution in [3.05, 3.63) is 57.0 Å².